The summed E-state index contributed by atoms with van der Waals surface area (Å²) in [6.45, 7) is 2.40. The molecule has 0 radical (unpaired) electrons. The second-order valence-corrected chi connectivity index (χ2v) is 13.4. The quantitative estimate of drug-likeness (QED) is 0.0544. The van der Waals surface area contributed by atoms with Crippen molar-refractivity contribution in [3.05, 3.63) is 141 Å². The lowest BCUT2D eigenvalue weighted by Gasteiger charge is -2.22. The summed E-state index contributed by atoms with van der Waals surface area (Å²) in [6.07, 6.45) is 0. The standard InChI is InChI=1S/C34H25BrFN3O4S2/c1-20-3-2-4-22(17-20)18-43-27-15-9-24(10-16-27)30(40)28-29(23-7-11-25(35)12-8-23)39(32(42)31(28)41)33-37-38-34(45-33)44-19-21-5-13-26(36)14-6-21/h2-17,29,40H,18-19H2,1H3/b30-28+. The molecular formula is C34H25BrFN3O4S2. The minimum Gasteiger partial charge on any atom is -0.507 e. The van der Waals surface area contributed by atoms with Crippen LogP contribution in [0.5, 0.6) is 5.75 Å². The van der Waals surface area contributed by atoms with Crippen LogP contribution in [-0.4, -0.2) is 27.0 Å². The first kappa shape index (κ1) is 30.7. The third-order valence-electron chi connectivity index (χ3n) is 7.12. The summed E-state index contributed by atoms with van der Waals surface area (Å²) in [5.41, 5.74) is 4.01. The zero-order chi connectivity index (χ0) is 31.5. The van der Waals surface area contributed by atoms with Crippen LogP contribution in [0.15, 0.2) is 111 Å². The number of halogens is 2. The number of carbonyl (C=O) groups is 2. The van der Waals surface area contributed by atoms with E-state index in [1.54, 1.807) is 60.7 Å². The van der Waals surface area contributed by atoms with Crippen LogP contribution < -0.4 is 9.64 Å². The maximum absolute atomic E-state index is 13.5. The fourth-order valence-corrected chi connectivity index (χ4v) is 7.00. The molecule has 6 rings (SSSR count). The zero-order valence-corrected chi connectivity index (χ0v) is 27.0. The molecule has 226 valence electrons. The number of anilines is 1. The molecule has 1 unspecified atom stereocenters. The normalized spacial score (nSPS) is 15.9. The van der Waals surface area contributed by atoms with E-state index in [0.29, 0.717) is 33.6 Å². The van der Waals surface area contributed by atoms with Crippen molar-refractivity contribution in [1.29, 1.82) is 0 Å². The molecule has 1 N–H and O–H groups in total. The fraction of sp³-hybridized carbons (Fsp3) is 0.118. The summed E-state index contributed by atoms with van der Waals surface area (Å²) >= 11 is 5.99. The molecule has 0 spiro atoms. The van der Waals surface area contributed by atoms with Crippen LogP contribution in [0.3, 0.4) is 0 Å². The van der Waals surface area contributed by atoms with Crippen LogP contribution in [0, 0.1) is 12.7 Å². The molecule has 1 amide bonds. The predicted molar refractivity (Wildman–Crippen MR) is 177 cm³/mol. The summed E-state index contributed by atoms with van der Waals surface area (Å²) < 4.78 is 20.6. The van der Waals surface area contributed by atoms with Gasteiger partial charge in [-0.25, -0.2) is 4.39 Å². The van der Waals surface area contributed by atoms with Gasteiger partial charge in [-0.15, -0.1) is 10.2 Å². The Kier molecular flexibility index (Phi) is 9.11. The van der Waals surface area contributed by atoms with Gasteiger partial charge in [-0.05, 0) is 72.1 Å². The number of aryl methyl sites for hydroxylation is 1. The minimum absolute atomic E-state index is 0.0496. The number of aliphatic hydroxyl groups excluding tert-OH is 1. The maximum atomic E-state index is 13.5. The van der Waals surface area contributed by atoms with Gasteiger partial charge in [0.05, 0.1) is 11.6 Å². The van der Waals surface area contributed by atoms with Crippen molar-refractivity contribution in [2.45, 2.75) is 29.7 Å². The smallest absolute Gasteiger partial charge is 0.301 e. The first-order valence-electron chi connectivity index (χ1n) is 13.8. The molecule has 5 aromatic rings. The predicted octanol–water partition coefficient (Wildman–Crippen LogP) is 8.25. The van der Waals surface area contributed by atoms with Crippen molar-refractivity contribution in [3.63, 3.8) is 0 Å². The van der Waals surface area contributed by atoms with Crippen LogP contribution in [0.25, 0.3) is 5.76 Å². The molecule has 11 heteroatoms. The number of nitrogens with zero attached hydrogens (tertiary/aromatic N) is 3. The molecule has 1 saturated heterocycles. The molecule has 1 atom stereocenters. The number of ketones is 1. The maximum Gasteiger partial charge on any atom is 0.301 e. The van der Waals surface area contributed by atoms with Crippen molar-refractivity contribution in [3.8, 4) is 5.75 Å². The second kappa shape index (κ2) is 13.4. The number of aliphatic hydroxyl groups is 1. The topological polar surface area (TPSA) is 92.6 Å². The number of Topliss-reactive ketones (excluding diaryl/α,β-unsaturated/α-hetero) is 1. The number of carbonyl (C=O) groups excluding carboxylic acids is 2. The number of hydrogen-bond donors (Lipinski definition) is 1. The van der Waals surface area contributed by atoms with Crippen molar-refractivity contribution in [1.82, 2.24) is 10.2 Å². The lowest BCUT2D eigenvalue weighted by molar-refractivity contribution is -0.132. The first-order chi connectivity index (χ1) is 21.8. The van der Waals surface area contributed by atoms with Crippen LogP contribution in [0.1, 0.15) is 33.9 Å². The van der Waals surface area contributed by atoms with Gasteiger partial charge < -0.3 is 9.84 Å². The first-order valence-corrected chi connectivity index (χ1v) is 16.4. The number of thioether (sulfide) groups is 1. The van der Waals surface area contributed by atoms with Crippen molar-refractivity contribution in [2.75, 3.05) is 4.90 Å². The summed E-state index contributed by atoms with van der Waals surface area (Å²) in [5, 5.41) is 20.2. The third kappa shape index (κ3) is 6.85. The van der Waals surface area contributed by atoms with Gasteiger partial charge in [0, 0.05) is 15.8 Å². The van der Waals surface area contributed by atoms with Crippen molar-refractivity contribution in [2.24, 2.45) is 0 Å². The second-order valence-electron chi connectivity index (χ2n) is 10.3. The van der Waals surface area contributed by atoms with Crippen LogP contribution in [-0.2, 0) is 21.9 Å². The highest BCUT2D eigenvalue weighted by Crippen LogP contribution is 2.44. The van der Waals surface area contributed by atoms with E-state index in [1.165, 1.54) is 40.1 Å². The molecule has 7 nitrogen and oxygen atoms in total. The average Bonchev–Trinajstić information content (AvgIpc) is 3.62. The molecule has 1 fully saturated rings. The van der Waals surface area contributed by atoms with Gasteiger partial charge in [-0.2, -0.15) is 0 Å². The summed E-state index contributed by atoms with van der Waals surface area (Å²) in [5.74, 6) is -1.13. The Bertz CT molecular complexity index is 1890. The lowest BCUT2D eigenvalue weighted by Crippen LogP contribution is -2.29. The number of rotatable bonds is 9. The van der Waals surface area contributed by atoms with Crippen LogP contribution >= 0.6 is 39.0 Å². The van der Waals surface area contributed by atoms with Crippen molar-refractivity contribution < 1.29 is 23.8 Å². The molecule has 45 heavy (non-hydrogen) atoms. The van der Waals surface area contributed by atoms with E-state index in [4.69, 9.17) is 4.74 Å². The Morgan fingerprint density at radius 1 is 0.978 bits per heavy atom. The molecule has 1 aliphatic rings. The summed E-state index contributed by atoms with van der Waals surface area (Å²) in [7, 11) is 0. The van der Waals surface area contributed by atoms with Gasteiger partial charge in [0.15, 0.2) is 4.34 Å². The monoisotopic (exact) mass is 701 g/mol. The lowest BCUT2D eigenvalue weighted by atomic mass is 9.95. The molecule has 0 saturated carbocycles. The van der Waals surface area contributed by atoms with E-state index in [9.17, 15) is 19.1 Å². The zero-order valence-electron chi connectivity index (χ0n) is 23.8. The highest BCUT2D eigenvalue weighted by atomic mass is 79.9. The SMILES string of the molecule is Cc1cccc(COc2ccc(/C(O)=C3\C(=O)C(=O)N(c4nnc(SCc5ccc(F)cc5)s4)C3c3ccc(Br)cc3)cc2)c1. The number of ether oxygens (including phenoxy) is 1. The fourth-order valence-electron chi connectivity index (χ4n) is 4.91. The molecule has 1 aliphatic heterocycles. The summed E-state index contributed by atoms with van der Waals surface area (Å²) in [6, 6.07) is 27.2. The van der Waals surface area contributed by atoms with Crippen LogP contribution in [0.2, 0.25) is 0 Å². The minimum atomic E-state index is -0.932. The Morgan fingerprint density at radius 3 is 2.42 bits per heavy atom. The number of amides is 1. The summed E-state index contributed by atoms with van der Waals surface area (Å²) in [4.78, 5) is 28.3. The molecule has 0 bridgehead atoms. The van der Waals surface area contributed by atoms with Gasteiger partial charge in [0.2, 0.25) is 5.13 Å². The Morgan fingerprint density at radius 2 is 1.71 bits per heavy atom. The van der Waals surface area contributed by atoms with Gasteiger partial charge >= 0.3 is 5.91 Å². The van der Waals surface area contributed by atoms with E-state index in [-0.39, 0.29) is 22.3 Å². The Hall–Kier alpha value is -4.32. The number of aromatic nitrogens is 2. The molecular weight excluding hydrogens is 677 g/mol. The van der Waals surface area contributed by atoms with Crippen LogP contribution in [0.4, 0.5) is 9.52 Å². The van der Waals surface area contributed by atoms with E-state index < -0.39 is 17.7 Å². The van der Waals surface area contributed by atoms with E-state index in [2.05, 4.69) is 26.1 Å². The van der Waals surface area contributed by atoms with Gasteiger partial charge in [0.1, 0.15) is 23.9 Å². The van der Waals surface area contributed by atoms with Gasteiger partial charge in [0.25, 0.3) is 5.78 Å². The van der Waals surface area contributed by atoms with E-state index >= 15 is 0 Å². The Labute approximate surface area is 275 Å². The van der Waals surface area contributed by atoms with E-state index in [1.807, 2.05) is 31.2 Å². The van der Waals surface area contributed by atoms with Gasteiger partial charge in [-0.1, -0.05) is 93.1 Å². The highest BCUT2D eigenvalue weighted by Gasteiger charge is 2.48. The molecule has 1 aromatic heterocycles. The molecule has 2 heterocycles. The Balaban J connectivity index is 1.29. The molecule has 4 aromatic carbocycles. The number of hydrogen-bond acceptors (Lipinski definition) is 8. The average molecular weight is 703 g/mol. The van der Waals surface area contributed by atoms with E-state index in [0.717, 1.165) is 21.2 Å². The largest absolute Gasteiger partial charge is 0.507 e. The third-order valence-corrected chi connectivity index (χ3v) is 9.78. The molecule has 0 aliphatic carbocycles. The number of benzene rings is 4. The highest BCUT2D eigenvalue weighted by molar-refractivity contribution is 9.10. The van der Waals surface area contributed by atoms with Crippen molar-refractivity contribution >= 4 is 61.6 Å². The van der Waals surface area contributed by atoms with Gasteiger partial charge in [-0.3, -0.25) is 14.5 Å².